The maximum Gasteiger partial charge on any atom is 0.360 e. The van der Waals surface area contributed by atoms with Crippen LogP contribution in [-0.4, -0.2) is 45.7 Å². The first-order valence-corrected chi connectivity index (χ1v) is 17.1. The zero-order chi connectivity index (χ0) is 32.0. The summed E-state index contributed by atoms with van der Waals surface area (Å²) in [5.41, 5.74) is 1.64. The molecule has 1 aromatic rings. The second-order valence-corrected chi connectivity index (χ2v) is 16.8. The van der Waals surface area contributed by atoms with Gasteiger partial charge in [0.2, 0.25) is 0 Å². The van der Waals surface area contributed by atoms with Crippen LogP contribution in [0.5, 0.6) is 0 Å². The molecule has 0 radical (unpaired) electrons. The van der Waals surface area contributed by atoms with Crippen molar-refractivity contribution in [2.75, 3.05) is 7.11 Å². The third-order valence-corrected chi connectivity index (χ3v) is 15.1. The molecule has 8 heteroatoms. The Labute approximate surface area is 263 Å². The van der Waals surface area contributed by atoms with Crippen LogP contribution < -0.4 is 0 Å². The molecular weight excluding hydrogens is 554 g/mol. The van der Waals surface area contributed by atoms with E-state index in [9.17, 15) is 14.7 Å². The van der Waals surface area contributed by atoms with Crippen molar-refractivity contribution in [3.63, 3.8) is 0 Å². The minimum atomic E-state index is -0.898. The number of nitrogens with zero attached hydrogens (tertiary/aromatic N) is 2. The first kappa shape index (κ1) is 31.7. The molecule has 0 unspecified atom stereocenters. The number of hydrogen-bond acceptors (Lipinski definition) is 7. The summed E-state index contributed by atoms with van der Waals surface area (Å²) in [7, 11) is 1.34. The highest BCUT2D eigenvalue weighted by molar-refractivity contribution is 5.88. The predicted molar refractivity (Wildman–Crippen MR) is 167 cm³/mol. The lowest BCUT2D eigenvalue weighted by Crippen LogP contribution is -2.67. The number of aliphatic hydroxyl groups excluding tert-OH is 1. The standard InChI is InChI=1S/C36H55N3O5/c1-20(2)22-12-17-36(30(41)28-29(31(42)43-9)38-39-37-28)19-18-34(7)23(27(22)36)10-11-25-33(6)15-14-26(44-21(3)40)32(4,5)24(33)13-16-35(25,34)8/h22-27,30,41H,1,10-19H2,2-9H3,(H,37,38,39)/t22-,23+,24-,25+,26-,27+,30+,33-,34+,35+,36-/m0/s1. The molecule has 1 aromatic heterocycles. The molecule has 0 bridgehead atoms. The summed E-state index contributed by atoms with van der Waals surface area (Å²) in [4.78, 5) is 24.6. The van der Waals surface area contributed by atoms with Crippen LogP contribution in [0.3, 0.4) is 0 Å². The number of aromatic amines is 1. The first-order valence-electron chi connectivity index (χ1n) is 17.1. The van der Waals surface area contributed by atoms with Gasteiger partial charge in [-0.25, -0.2) is 4.79 Å². The van der Waals surface area contributed by atoms with Gasteiger partial charge in [0, 0.05) is 17.8 Å². The fraction of sp³-hybridized carbons (Fsp3) is 0.833. The topological polar surface area (TPSA) is 114 Å². The number of rotatable bonds is 5. The van der Waals surface area contributed by atoms with Gasteiger partial charge in [0.25, 0.3) is 0 Å². The summed E-state index contributed by atoms with van der Waals surface area (Å²) in [6, 6.07) is 0. The number of aromatic nitrogens is 3. The van der Waals surface area contributed by atoms with E-state index < -0.39 is 12.1 Å². The van der Waals surface area contributed by atoms with Crippen molar-refractivity contribution >= 4 is 11.9 Å². The van der Waals surface area contributed by atoms with Crippen LogP contribution in [0.25, 0.3) is 0 Å². The average molecular weight is 610 g/mol. The minimum Gasteiger partial charge on any atom is -0.464 e. The molecule has 0 amide bonds. The van der Waals surface area contributed by atoms with Gasteiger partial charge in [-0.15, -0.1) is 5.10 Å². The number of methoxy groups -OCH3 is 1. The van der Waals surface area contributed by atoms with Gasteiger partial charge in [0.15, 0.2) is 5.69 Å². The number of esters is 2. The summed E-state index contributed by atoms with van der Waals surface area (Å²) in [5, 5.41) is 23.3. The van der Waals surface area contributed by atoms with E-state index in [0.717, 1.165) is 51.4 Å². The van der Waals surface area contributed by atoms with Crippen molar-refractivity contribution in [1.29, 1.82) is 0 Å². The van der Waals surface area contributed by atoms with Gasteiger partial charge in [-0.1, -0.05) is 46.8 Å². The second kappa shape index (κ2) is 10.4. The molecule has 0 aliphatic heterocycles. The largest absolute Gasteiger partial charge is 0.464 e. The van der Waals surface area contributed by atoms with E-state index in [1.165, 1.54) is 25.5 Å². The second-order valence-electron chi connectivity index (χ2n) is 16.8. The third-order valence-electron chi connectivity index (χ3n) is 15.1. The summed E-state index contributed by atoms with van der Waals surface area (Å²) < 4.78 is 10.9. The Balaban J connectivity index is 1.37. The number of H-pyrrole nitrogens is 1. The lowest BCUT2D eigenvalue weighted by atomic mass is 9.32. The Bertz CT molecular complexity index is 1340. The SMILES string of the molecule is C=C(C)[C@@H]1CC[C@]2([C@H](O)c3n[nH]nc3C(=O)OC)CC[C@]3(C)[C@H](CC[C@@H]4[C@@]5(C)CC[C@H](OC(C)=O)C(C)(C)[C@@H]5CC[C@]43C)[C@@H]12. The first-order chi connectivity index (χ1) is 20.6. The Hall–Kier alpha value is -2.22. The lowest BCUT2D eigenvalue weighted by Gasteiger charge is -2.73. The Kier molecular flexibility index (Phi) is 7.50. The molecular formula is C36H55N3O5. The number of nitrogens with one attached hydrogen (secondary N) is 1. The summed E-state index contributed by atoms with van der Waals surface area (Å²) in [5.74, 6) is 1.39. The van der Waals surface area contributed by atoms with E-state index in [0.29, 0.717) is 29.4 Å². The minimum absolute atomic E-state index is 0.0210. The Morgan fingerprint density at radius 2 is 1.64 bits per heavy atom. The quantitative estimate of drug-likeness (QED) is 0.268. The fourth-order valence-corrected chi connectivity index (χ4v) is 13.0. The van der Waals surface area contributed by atoms with Crippen LogP contribution in [0.1, 0.15) is 135 Å². The van der Waals surface area contributed by atoms with Gasteiger partial charge in [0.1, 0.15) is 17.9 Å². The van der Waals surface area contributed by atoms with Crippen LogP contribution in [-0.2, 0) is 14.3 Å². The van der Waals surface area contributed by atoms with Gasteiger partial charge in [-0.2, -0.15) is 10.3 Å². The molecule has 5 fully saturated rings. The van der Waals surface area contributed by atoms with E-state index in [2.05, 4.69) is 63.5 Å². The molecule has 11 atom stereocenters. The Morgan fingerprint density at radius 1 is 0.909 bits per heavy atom. The van der Waals surface area contributed by atoms with Gasteiger partial charge in [-0.05, 0) is 117 Å². The van der Waals surface area contributed by atoms with Crippen LogP contribution in [0.2, 0.25) is 0 Å². The number of aliphatic hydroxyl groups is 1. The predicted octanol–water partition coefficient (Wildman–Crippen LogP) is 7.21. The van der Waals surface area contributed by atoms with E-state index in [1.54, 1.807) is 6.92 Å². The molecule has 1 heterocycles. The molecule has 8 nitrogen and oxygen atoms in total. The summed E-state index contributed by atoms with van der Waals surface area (Å²) in [6.07, 6.45) is 9.60. The highest BCUT2D eigenvalue weighted by Crippen LogP contribution is 2.78. The highest BCUT2D eigenvalue weighted by Gasteiger charge is 2.72. The normalized spacial score (nSPS) is 44.8. The maximum atomic E-state index is 12.6. The van der Waals surface area contributed by atoms with Gasteiger partial charge < -0.3 is 14.6 Å². The summed E-state index contributed by atoms with van der Waals surface area (Å²) in [6.45, 7) is 20.6. The van der Waals surface area contributed by atoms with Crippen molar-refractivity contribution in [3.05, 3.63) is 23.5 Å². The average Bonchev–Trinajstić information content (AvgIpc) is 3.60. The molecule has 2 N–H and O–H groups in total. The molecule has 0 aromatic carbocycles. The highest BCUT2D eigenvalue weighted by atomic mass is 16.5. The van der Waals surface area contributed by atoms with E-state index >= 15 is 0 Å². The van der Waals surface area contributed by atoms with Gasteiger partial charge >= 0.3 is 11.9 Å². The van der Waals surface area contributed by atoms with Crippen molar-refractivity contribution in [2.45, 2.75) is 125 Å². The van der Waals surface area contributed by atoms with Crippen molar-refractivity contribution in [3.8, 4) is 0 Å². The van der Waals surface area contributed by atoms with Crippen LogP contribution in [0.15, 0.2) is 12.2 Å². The van der Waals surface area contributed by atoms with Crippen molar-refractivity contribution in [2.24, 2.45) is 56.7 Å². The zero-order valence-electron chi connectivity index (χ0n) is 28.3. The molecule has 5 aliphatic carbocycles. The number of hydrogen-bond donors (Lipinski definition) is 2. The fourth-order valence-electron chi connectivity index (χ4n) is 13.0. The number of ether oxygens (including phenoxy) is 2. The number of allylic oxidation sites excluding steroid dienone is 1. The van der Waals surface area contributed by atoms with Crippen molar-refractivity contribution in [1.82, 2.24) is 15.4 Å². The molecule has 5 aliphatic rings. The third kappa shape index (κ3) is 4.10. The molecule has 0 spiro atoms. The molecule has 0 saturated heterocycles. The van der Waals surface area contributed by atoms with E-state index in [4.69, 9.17) is 9.47 Å². The van der Waals surface area contributed by atoms with E-state index in [1.807, 2.05) is 0 Å². The smallest absolute Gasteiger partial charge is 0.360 e. The molecule has 44 heavy (non-hydrogen) atoms. The number of carbonyl (C=O) groups is 2. The van der Waals surface area contributed by atoms with Gasteiger partial charge in [-0.3, -0.25) is 4.79 Å². The number of fused-ring (bicyclic) bond motifs is 7. The van der Waals surface area contributed by atoms with Gasteiger partial charge in [0.05, 0.1) is 7.11 Å². The van der Waals surface area contributed by atoms with E-state index in [-0.39, 0.29) is 50.8 Å². The van der Waals surface area contributed by atoms with Crippen LogP contribution in [0.4, 0.5) is 0 Å². The monoisotopic (exact) mass is 609 g/mol. The maximum absolute atomic E-state index is 12.6. The molecule has 244 valence electrons. The van der Waals surface area contributed by atoms with Crippen LogP contribution >= 0.6 is 0 Å². The molecule has 5 saturated carbocycles. The van der Waals surface area contributed by atoms with Crippen LogP contribution in [0, 0.1) is 56.7 Å². The lowest BCUT2D eigenvalue weighted by molar-refractivity contribution is -0.255. The Morgan fingerprint density at radius 3 is 2.30 bits per heavy atom. The zero-order valence-corrected chi connectivity index (χ0v) is 28.3. The van der Waals surface area contributed by atoms with Crippen molar-refractivity contribution < 1.29 is 24.2 Å². The number of carbonyl (C=O) groups excluding carboxylic acids is 2. The molecule has 6 rings (SSSR count). The summed E-state index contributed by atoms with van der Waals surface area (Å²) >= 11 is 0.